The van der Waals surface area contributed by atoms with Gasteiger partial charge in [0.25, 0.3) is 0 Å². The van der Waals surface area contributed by atoms with Gasteiger partial charge in [-0.2, -0.15) is 5.10 Å². The fourth-order valence-electron chi connectivity index (χ4n) is 1.22. The molecule has 0 amide bonds. The maximum absolute atomic E-state index is 12.9. The third kappa shape index (κ3) is 2.55. The number of aryl methyl sites for hydroxylation is 1. The van der Waals surface area contributed by atoms with E-state index in [1.165, 1.54) is 0 Å². The molecule has 0 aromatic carbocycles. The number of aliphatic carboxylic acids is 1. The summed E-state index contributed by atoms with van der Waals surface area (Å²) in [6.45, 7) is 2.67. The molecule has 14 heavy (non-hydrogen) atoms. The molecule has 1 aromatic heterocycles. The predicted molar refractivity (Wildman–Crippen MR) is 48.8 cm³/mol. The molecule has 0 fully saturated rings. The summed E-state index contributed by atoms with van der Waals surface area (Å²) < 4.78 is 14.5. The molecule has 1 rings (SSSR count). The summed E-state index contributed by atoms with van der Waals surface area (Å²) in [6, 6.07) is 1.64. The molecule has 0 bridgehead atoms. The van der Waals surface area contributed by atoms with E-state index in [2.05, 4.69) is 5.10 Å². The van der Waals surface area contributed by atoms with E-state index in [0.717, 1.165) is 6.42 Å². The summed E-state index contributed by atoms with van der Waals surface area (Å²) in [5.74, 6) is -1.42. The Morgan fingerprint density at radius 1 is 1.79 bits per heavy atom. The molecule has 4 nitrogen and oxygen atoms in total. The van der Waals surface area contributed by atoms with Crippen molar-refractivity contribution in [2.75, 3.05) is 0 Å². The van der Waals surface area contributed by atoms with Gasteiger partial charge < -0.3 is 5.11 Å². The molecule has 0 aliphatic carbocycles. The number of nitrogens with zero attached hydrogens (tertiary/aromatic N) is 2. The Balaban J connectivity index is 2.66. The van der Waals surface area contributed by atoms with E-state index in [0.29, 0.717) is 12.2 Å². The van der Waals surface area contributed by atoms with Gasteiger partial charge in [-0.05, 0) is 12.5 Å². The average molecular weight is 200 g/mol. The van der Waals surface area contributed by atoms with Crippen LogP contribution in [0.15, 0.2) is 12.3 Å². The van der Waals surface area contributed by atoms with Crippen molar-refractivity contribution in [1.82, 2.24) is 9.78 Å². The largest absolute Gasteiger partial charge is 0.479 e. The first kappa shape index (κ1) is 10.7. The van der Waals surface area contributed by atoms with Crippen molar-refractivity contribution in [3.05, 3.63) is 18.0 Å². The minimum absolute atomic E-state index is 0.116. The smallest absolute Gasteiger partial charge is 0.338 e. The van der Waals surface area contributed by atoms with Gasteiger partial charge in [0.15, 0.2) is 0 Å². The van der Waals surface area contributed by atoms with Crippen LogP contribution in [0, 0.1) is 0 Å². The highest BCUT2D eigenvalue weighted by molar-refractivity contribution is 5.72. The molecule has 78 valence electrons. The van der Waals surface area contributed by atoms with Gasteiger partial charge in [0.1, 0.15) is 0 Å². The maximum atomic E-state index is 12.9. The van der Waals surface area contributed by atoms with Gasteiger partial charge in [0.2, 0.25) is 6.17 Å². The van der Waals surface area contributed by atoms with Gasteiger partial charge in [-0.15, -0.1) is 0 Å². The van der Waals surface area contributed by atoms with E-state index in [1.54, 1.807) is 16.9 Å². The fourth-order valence-corrected chi connectivity index (χ4v) is 1.22. The topological polar surface area (TPSA) is 55.1 Å². The first-order valence-electron chi connectivity index (χ1n) is 4.52. The van der Waals surface area contributed by atoms with E-state index in [4.69, 9.17) is 5.11 Å². The van der Waals surface area contributed by atoms with E-state index in [1.807, 2.05) is 6.92 Å². The highest BCUT2D eigenvalue weighted by Crippen LogP contribution is 2.06. The molecule has 1 atom stereocenters. The zero-order valence-electron chi connectivity index (χ0n) is 7.98. The van der Waals surface area contributed by atoms with Crippen LogP contribution < -0.4 is 0 Å². The summed E-state index contributed by atoms with van der Waals surface area (Å²) in [4.78, 5) is 10.3. The minimum atomic E-state index is -1.85. The van der Waals surface area contributed by atoms with E-state index in [9.17, 15) is 9.18 Å². The van der Waals surface area contributed by atoms with Crippen molar-refractivity contribution in [2.45, 2.75) is 32.5 Å². The molecule has 0 radical (unpaired) electrons. The Morgan fingerprint density at radius 3 is 3.07 bits per heavy atom. The number of rotatable bonds is 5. The monoisotopic (exact) mass is 200 g/mol. The van der Waals surface area contributed by atoms with Gasteiger partial charge in [0, 0.05) is 24.9 Å². The molecule has 0 aliphatic rings. The second-order valence-electron chi connectivity index (χ2n) is 3.06. The van der Waals surface area contributed by atoms with Gasteiger partial charge in [-0.3, -0.25) is 4.68 Å². The Morgan fingerprint density at radius 2 is 2.50 bits per heavy atom. The molecule has 0 saturated heterocycles. The molecule has 0 spiro atoms. The molecule has 1 aromatic rings. The Hall–Kier alpha value is -1.39. The van der Waals surface area contributed by atoms with Crippen LogP contribution in [-0.2, 0) is 17.8 Å². The number of alkyl halides is 1. The first-order chi connectivity index (χ1) is 6.65. The van der Waals surface area contributed by atoms with Gasteiger partial charge in [-0.25, -0.2) is 9.18 Å². The summed E-state index contributed by atoms with van der Waals surface area (Å²) in [5.41, 5.74) is 0.627. The zero-order valence-corrected chi connectivity index (χ0v) is 7.98. The Bertz CT molecular complexity index is 312. The highest BCUT2D eigenvalue weighted by Gasteiger charge is 2.18. The quantitative estimate of drug-likeness (QED) is 0.778. The van der Waals surface area contributed by atoms with Crippen molar-refractivity contribution < 1.29 is 14.3 Å². The standard InChI is InChI=1S/C9H13FN2O2/c1-2-5-12-7(3-4-11-12)6-8(10)9(13)14/h3-4,8H,2,5-6H2,1H3,(H,13,14). The second-order valence-corrected chi connectivity index (χ2v) is 3.06. The normalized spacial score (nSPS) is 12.7. The second kappa shape index (κ2) is 4.74. The lowest BCUT2D eigenvalue weighted by molar-refractivity contribution is -0.142. The molecule has 1 N–H and O–H groups in total. The fraction of sp³-hybridized carbons (Fsp3) is 0.556. The number of hydrogen-bond donors (Lipinski definition) is 1. The lowest BCUT2D eigenvalue weighted by Gasteiger charge is -2.06. The van der Waals surface area contributed by atoms with E-state index < -0.39 is 12.1 Å². The van der Waals surface area contributed by atoms with Gasteiger partial charge >= 0.3 is 5.97 Å². The van der Waals surface area contributed by atoms with Crippen LogP contribution in [0.25, 0.3) is 0 Å². The molecular weight excluding hydrogens is 187 g/mol. The summed E-state index contributed by atoms with van der Waals surface area (Å²) in [5, 5.41) is 12.4. The Kier molecular flexibility index (Phi) is 3.62. The zero-order chi connectivity index (χ0) is 10.6. The van der Waals surface area contributed by atoms with Crippen LogP contribution in [0.3, 0.4) is 0 Å². The third-order valence-corrected chi connectivity index (χ3v) is 1.90. The number of carboxylic acids is 1. The SMILES string of the molecule is CCCn1nccc1CC(F)C(=O)O. The van der Waals surface area contributed by atoms with Crippen molar-refractivity contribution in [2.24, 2.45) is 0 Å². The van der Waals surface area contributed by atoms with Crippen LogP contribution in [-0.4, -0.2) is 27.0 Å². The van der Waals surface area contributed by atoms with Crippen molar-refractivity contribution in [3.63, 3.8) is 0 Å². The van der Waals surface area contributed by atoms with Gasteiger partial charge in [0.05, 0.1) is 0 Å². The van der Waals surface area contributed by atoms with Crippen LogP contribution in [0.5, 0.6) is 0 Å². The average Bonchev–Trinajstić information content (AvgIpc) is 2.53. The van der Waals surface area contributed by atoms with Crippen molar-refractivity contribution in [3.8, 4) is 0 Å². The van der Waals surface area contributed by atoms with Crippen LogP contribution >= 0.6 is 0 Å². The molecular formula is C9H13FN2O2. The van der Waals surface area contributed by atoms with Crippen LogP contribution in [0.2, 0.25) is 0 Å². The third-order valence-electron chi connectivity index (χ3n) is 1.90. The van der Waals surface area contributed by atoms with Crippen LogP contribution in [0.4, 0.5) is 4.39 Å². The summed E-state index contributed by atoms with van der Waals surface area (Å²) >= 11 is 0. The van der Waals surface area contributed by atoms with Gasteiger partial charge in [-0.1, -0.05) is 6.92 Å². The number of halogens is 1. The Labute approximate surface area is 81.3 Å². The highest BCUT2D eigenvalue weighted by atomic mass is 19.1. The first-order valence-corrected chi connectivity index (χ1v) is 4.52. The summed E-state index contributed by atoms with van der Waals surface area (Å²) in [6.07, 6.45) is 0.482. The predicted octanol–water partition coefficient (Wildman–Crippen LogP) is 1.26. The lowest BCUT2D eigenvalue weighted by Crippen LogP contribution is -2.19. The van der Waals surface area contributed by atoms with Crippen molar-refractivity contribution in [1.29, 1.82) is 0 Å². The lowest BCUT2D eigenvalue weighted by atomic mass is 10.2. The molecule has 5 heteroatoms. The number of hydrogen-bond acceptors (Lipinski definition) is 2. The number of carboxylic acid groups (broad SMARTS) is 1. The molecule has 0 saturated carbocycles. The number of aromatic nitrogens is 2. The van der Waals surface area contributed by atoms with Crippen molar-refractivity contribution >= 4 is 5.97 Å². The number of carbonyl (C=O) groups is 1. The van der Waals surface area contributed by atoms with E-state index in [-0.39, 0.29) is 6.42 Å². The van der Waals surface area contributed by atoms with E-state index >= 15 is 0 Å². The molecule has 1 unspecified atom stereocenters. The minimum Gasteiger partial charge on any atom is -0.479 e. The molecule has 0 aliphatic heterocycles. The maximum Gasteiger partial charge on any atom is 0.338 e. The van der Waals surface area contributed by atoms with Crippen LogP contribution in [0.1, 0.15) is 19.0 Å². The summed E-state index contributed by atoms with van der Waals surface area (Å²) in [7, 11) is 0. The molecule has 1 heterocycles.